The van der Waals surface area contributed by atoms with Gasteiger partial charge in [0.05, 0.1) is 6.10 Å². The van der Waals surface area contributed by atoms with Crippen LogP contribution in [0, 0.1) is 0 Å². The van der Waals surface area contributed by atoms with E-state index in [0.717, 1.165) is 11.3 Å². The molecule has 0 saturated carbocycles. The van der Waals surface area contributed by atoms with Crippen LogP contribution in [-0.2, 0) is 10.0 Å². The first-order valence-electron chi connectivity index (χ1n) is 6.25. The normalized spacial score (nSPS) is 13.4. The number of hydrogen-bond donors (Lipinski definition) is 3. The van der Waals surface area contributed by atoms with Gasteiger partial charge in [-0.2, -0.15) is 0 Å². The molecule has 114 valence electrons. The Kier molecular flexibility index (Phi) is 4.62. The van der Waals surface area contributed by atoms with E-state index in [0.29, 0.717) is 10.1 Å². The van der Waals surface area contributed by atoms with Crippen molar-refractivity contribution < 1.29 is 23.4 Å². The van der Waals surface area contributed by atoms with Gasteiger partial charge < -0.3 is 10.2 Å². The molecule has 0 aliphatic heterocycles. The maximum Gasteiger partial charge on any atom is 0.347 e. The SMILES string of the molecule is CC(O)CCNS(=O)(=O)c1c(C(=O)O)sc2ccccc12. The number of aliphatic hydroxyl groups excluding tert-OH is 1. The Hall–Kier alpha value is -1.48. The van der Waals surface area contributed by atoms with Crippen LogP contribution in [0.4, 0.5) is 0 Å². The molecule has 2 aromatic rings. The van der Waals surface area contributed by atoms with Crippen molar-refractivity contribution in [3.63, 3.8) is 0 Å². The van der Waals surface area contributed by atoms with Gasteiger partial charge in [0.1, 0.15) is 9.77 Å². The number of aromatic carboxylic acids is 1. The number of aliphatic hydroxyl groups is 1. The summed E-state index contributed by atoms with van der Waals surface area (Å²) in [4.78, 5) is 10.9. The van der Waals surface area contributed by atoms with Crippen LogP contribution in [0.1, 0.15) is 23.0 Å². The zero-order chi connectivity index (χ0) is 15.6. The van der Waals surface area contributed by atoms with E-state index in [1.165, 1.54) is 0 Å². The maximum absolute atomic E-state index is 12.4. The van der Waals surface area contributed by atoms with Gasteiger partial charge in [-0.05, 0) is 19.4 Å². The number of carboxylic acids is 1. The van der Waals surface area contributed by atoms with Gasteiger partial charge >= 0.3 is 5.97 Å². The Morgan fingerprint density at radius 2 is 2.05 bits per heavy atom. The molecule has 0 aliphatic carbocycles. The first-order valence-corrected chi connectivity index (χ1v) is 8.55. The summed E-state index contributed by atoms with van der Waals surface area (Å²) >= 11 is 0.931. The zero-order valence-electron chi connectivity index (χ0n) is 11.2. The van der Waals surface area contributed by atoms with Crippen molar-refractivity contribution in [2.24, 2.45) is 0 Å². The summed E-state index contributed by atoms with van der Waals surface area (Å²) in [5.74, 6) is -1.27. The van der Waals surface area contributed by atoms with E-state index in [2.05, 4.69) is 4.72 Å². The molecule has 0 saturated heterocycles. The van der Waals surface area contributed by atoms with E-state index in [1.54, 1.807) is 31.2 Å². The van der Waals surface area contributed by atoms with Crippen molar-refractivity contribution >= 4 is 37.4 Å². The Balaban J connectivity index is 2.48. The third-order valence-corrected chi connectivity index (χ3v) is 5.70. The molecule has 0 spiro atoms. The van der Waals surface area contributed by atoms with Crippen LogP contribution in [0.5, 0.6) is 0 Å². The highest BCUT2D eigenvalue weighted by molar-refractivity contribution is 7.90. The average Bonchev–Trinajstić information content (AvgIpc) is 2.78. The van der Waals surface area contributed by atoms with Crippen molar-refractivity contribution in [3.05, 3.63) is 29.1 Å². The van der Waals surface area contributed by atoms with Crippen LogP contribution in [-0.4, -0.2) is 37.2 Å². The first kappa shape index (κ1) is 15.9. The lowest BCUT2D eigenvalue weighted by molar-refractivity contribution is 0.0698. The predicted octanol–water partition coefficient (Wildman–Crippen LogP) is 1.65. The minimum Gasteiger partial charge on any atom is -0.477 e. The van der Waals surface area contributed by atoms with Crippen molar-refractivity contribution in [2.75, 3.05) is 6.54 Å². The van der Waals surface area contributed by atoms with Gasteiger partial charge in [-0.25, -0.2) is 17.9 Å². The van der Waals surface area contributed by atoms with Crippen LogP contribution in [0.2, 0.25) is 0 Å². The van der Waals surface area contributed by atoms with E-state index in [9.17, 15) is 18.3 Å². The van der Waals surface area contributed by atoms with Crippen molar-refractivity contribution in [2.45, 2.75) is 24.3 Å². The largest absolute Gasteiger partial charge is 0.477 e. The molecule has 8 heteroatoms. The summed E-state index contributed by atoms with van der Waals surface area (Å²) < 4.78 is 27.7. The molecule has 6 nitrogen and oxygen atoms in total. The molecule has 0 amide bonds. The molecule has 1 aromatic heterocycles. The van der Waals surface area contributed by atoms with Gasteiger partial charge in [0.25, 0.3) is 0 Å². The smallest absolute Gasteiger partial charge is 0.347 e. The summed E-state index contributed by atoms with van der Waals surface area (Å²) in [6, 6.07) is 6.65. The number of nitrogens with one attached hydrogen (secondary N) is 1. The van der Waals surface area contributed by atoms with Crippen molar-refractivity contribution in [1.82, 2.24) is 4.72 Å². The molecule has 1 atom stereocenters. The van der Waals surface area contributed by atoms with Crippen LogP contribution in [0.25, 0.3) is 10.1 Å². The van der Waals surface area contributed by atoms with Crippen LogP contribution in [0.15, 0.2) is 29.2 Å². The summed E-state index contributed by atoms with van der Waals surface area (Å²) in [5.41, 5.74) is 0. The molecular formula is C13H15NO5S2. The molecule has 1 heterocycles. The monoisotopic (exact) mass is 329 g/mol. The van der Waals surface area contributed by atoms with Crippen LogP contribution < -0.4 is 4.72 Å². The van der Waals surface area contributed by atoms with Crippen molar-refractivity contribution in [3.8, 4) is 0 Å². The number of fused-ring (bicyclic) bond motifs is 1. The fourth-order valence-electron chi connectivity index (χ4n) is 1.90. The Labute approximate surface area is 126 Å². The van der Waals surface area contributed by atoms with E-state index in [1.807, 2.05) is 0 Å². The maximum atomic E-state index is 12.4. The quantitative estimate of drug-likeness (QED) is 0.747. The minimum atomic E-state index is -3.95. The number of benzene rings is 1. The van der Waals surface area contributed by atoms with Crippen LogP contribution in [0.3, 0.4) is 0 Å². The molecule has 0 fully saturated rings. The van der Waals surface area contributed by atoms with E-state index >= 15 is 0 Å². The molecular weight excluding hydrogens is 314 g/mol. The Morgan fingerprint density at radius 3 is 2.67 bits per heavy atom. The predicted molar refractivity (Wildman–Crippen MR) is 80.3 cm³/mol. The lowest BCUT2D eigenvalue weighted by Gasteiger charge is -2.08. The lowest BCUT2D eigenvalue weighted by Crippen LogP contribution is -2.27. The molecule has 1 unspecified atom stereocenters. The molecule has 0 aliphatic rings. The second-order valence-corrected chi connectivity index (χ2v) is 7.35. The third kappa shape index (κ3) is 3.41. The molecule has 0 bridgehead atoms. The van der Waals surface area contributed by atoms with Gasteiger partial charge in [-0.3, -0.25) is 0 Å². The highest BCUT2D eigenvalue weighted by Crippen LogP contribution is 2.34. The van der Waals surface area contributed by atoms with Gasteiger partial charge in [-0.1, -0.05) is 18.2 Å². The lowest BCUT2D eigenvalue weighted by atomic mass is 10.2. The molecule has 1 aromatic carbocycles. The second-order valence-electron chi connectivity index (χ2n) is 4.60. The summed E-state index contributed by atoms with van der Waals surface area (Å²) in [6.07, 6.45) is -0.380. The topological polar surface area (TPSA) is 104 Å². The van der Waals surface area contributed by atoms with Gasteiger partial charge in [0, 0.05) is 16.6 Å². The Bertz CT molecular complexity index is 764. The number of carboxylic acid groups (broad SMARTS) is 1. The average molecular weight is 329 g/mol. The van der Waals surface area contributed by atoms with Gasteiger partial charge in [-0.15, -0.1) is 11.3 Å². The standard InChI is InChI=1S/C13H15NO5S2/c1-8(15)6-7-14-21(18,19)12-9-4-2-3-5-10(9)20-11(12)13(16)17/h2-5,8,14-15H,6-7H2,1H3,(H,16,17). The fraction of sp³-hybridized carbons (Fsp3) is 0.308. The second kappa shape index (κ2) is 6.10. The van der Waals surface area contributed by atoms with Gasteiger partial charge in [0.2, 0.25) is 10.0 Å². The van der Waals surface area contributed by atoms with E-state index < -0.39 is 22.1 Å². The van der Waals surface area contributed by atoms with E-state index in [-0.39, 0.29) is 22.7 Å². The highest BCUT2D eigenvalue weighted by atomic mass is 32.2. The number of carbonyl (C=O) groups is 1. The molecule has 2 rings (SSSR count). The molecule has 0 radical (unpaired) electrons. The van der Waals surface area contributed by atoms with Crippen LogP contribution >= 0.6 is 11.3 Å². The number of hydrogen-bond acceptors (Lipinski definition) is 5. The molecule has 21 heavy (non-hydrogen) atoms. The first-order chi connectivity index (χ1) is 9.83. The third-order valence-electron chi connectivity index (χ3n) is 2.87. The number of thiophene rings is 1. The summed E-state index contributed by atoms with van der Waals surface area (Å²) in [6.45, 7) is 1.60. The summed E-state index contributed by atoms with van der Waals surface area (Å²) in [5, 5.41) is 18.8. The highest BCUT2D eigenvalue weighted by Gasteiger charge is 2.27. The van der Waals surface area contributed by atoms with Gasteiger partial charge in [0.15, 0.2) is 0 Å². The number of rotatable bonds is 6. The van der Waals surface area contributed by atoms with Crippen molar-refractivity contribution in [1.29, 1.82) is 0 Å². The zero-order valence-corrected chi connectivity index (χ0v) is 12.9. The molecule has 3 N–H and O–H groups in total. The summed E-state index contributed by atoms with van der Waals surface area (Å²) in [7, 11) is -3.95. The van der Waals surface area contributed by atoms with E-state index in [4.69, 9.17) is 5.11 Å². The Morgan fingerprint density at radius 1 is 1.38 bits per heavy atom. The fourth-order valence-corrected chi connectivity index (χ4v) is 4.69. The minimum absolute atomic E-state index is 0.0449. The number of sulfonamides is 1.